The second kappa shape index (κ2) is 5.38. The van der Waals surface area contributed by atoms with Crippen LogP contribution in [0.4, 0.5) is 5.69 Å². The maximum absolute atomic E-state index is 11.3. The van der Waals surface area contributed by atoms with Gasteiger partial charge in [-0.25, -0.2) is 4.21 Å². The molecule has 0 aliphatic rings. The lowest BCUT2D eigenvalue weighted by atomic mass is 10.3. The number of carboxylic acids is 1. The Morgan fingerprint density at radius 2 is 2.21 bits per heavy atom. The number of hydrogen-bond donors (Lipinski definition) is 3. The zero-order chi connectivity index (χ0) is 14.0. The Labute approximate surface area is 112 Å². The number of nitrogens with zero attached hydrogens (tertiary/aromatic N) is 2. The zero-order valence-electron chi connectivity index (χ0n) is 9.19. The number of fused-ring (bicyclic) bond motifs is 1. The van der Waals surface area contributed by atoms with Gasteiger partial charge in [0, 0.05) is 0 Å². The smallest absolute Gasteiger partial charge is 0.327 e. The summed E-state index contributed by atoms with van der Waals surface area (Å²) in [6.45, 7) is -0.567. The normalized spacial score (nSPS) is 13.1. The molecule has 0 radical (unpaired) electrons. The van der Waals surface area contributed by atoms with E-state index in [9.17, 15) is 13.8 Å². The first-order valence-electron chi connectivity index (χ1n) is 4.85. The summed E-state index contributed by atoms with van der Waals surface area (Å²) in [5.74, 6) is -1.18. The highest BCUT2D eigenvalue weighted by Crippen LogP contribution is 2.32. The Morgan fingerprint density at radius 3 is 2.84 bits per heavy atom. The largest absolute Gasteiger partial charge is 0.480 e. The molecule has 2 rings (SSSR count). The van der Waals surface area contributed by atoms with Gasteiger partial charge in [-0.1, -0.05) is 11.3 Å². The second-order valence-electron chi connectivity index (χ2n) is 3.34. The lowest BCUT2D eigenvalue weighted by molar-refractivity contribution is -0.135. The molecule has 0 aliphatic heterocycles. The first kappa shape index (κ1) is 13.5. The van der Waals surface area contributed by atoms with E-state index in [0.29, 0.717) is 4.70 Å². The topological polar surface area (TPSA) is 132 Å². The van der Waals surface area contributed by atoms with Gasteiger partial charge < -0.3 is 14.6 Å². The van der Waals surface area contributed by atoms with Crippen LogP contribution in [0.5, 0.6) is 0 Å². The number of rotatable bonds is 4. The molecule has 1 unspecified atom stereocenters. The Hall–Kier alpha value is -1.91. The van der Waals surface area contributed by atoms with E-state index in [1.807, 2.05) is 0 Å². The molecule has 10 heteroatoms. The summed E-state index contributed by atoms with van der Waals surface area (Å²) < 4.78 is 20.9. The Morgan fingerprint density at radius 1 is 1.47 bits per heavy atom. The average Bonchev–Trinajstić information content (AvgIpc) is 2.69. The van der Waals surface area contributed by atoms with Crippen molar-refractivity contribution in [1.82, 2.24) is 4.98 Å². The van der Waals surface area contributed by atoms with E-state index in [1.165, 1.54) is 12.1 Å². The SMILES string of the molecule is O=C(O)CN=Nc1c(S(=O)O)ccc2sc(=O)[nH]c12. The number of carbonyl (C=O) groups is 1. The van der Waals surface area contributed by atoms with Crippen molar-refractivity contribution in [2.75, 3.05) is 6.54 Å². The minimum atomic E-state index is -2.32. The zero-order valence-corrected chi connectivity index (χ0v) is 10.8. The summed E-state index contributed by atoms with van der Waals surface area (Å²) >= 11 is -1.40. The summed E-state index contributed by atoms with van der Waals surface area (Å²) in [6, 6.07) is 2.86. The van der Waals surface area contributed by atoms with Gasteiger partial charge in [0.25, 0.3) is 0 Å². The first-order valence-corrected chi connectivity index (χ1v) is 6.77. The molecule has 0 bridgehead atoms. The highest BCUT2D eigenvalue weighted by Gasteiger charge is 2.14. The van der Waals surface area contributed by atoms with E-state index in [0.717, 1.165) is 11.3 Å². The summed E-state index contributed by atoms with van der Waals surface area (Å²) in [5.41, 5.74) is 0.266. The molecule has 0 fully saturated rings. The minimum absolute atomic E-state index is 0.00191. The van der Waals surface area contributed by atoms with E-state index in [-0.39, 0.29) is 21.0 Å². The van der Waals surface area contributed by atoms with Crippen LogP contribution in [-0.2, 0) is 15.9 Å². The third kappa shape index (κ3) is 2.92. The predicted octanol–water partition coefficient (Wildman–Crippen LogP) is 1.34. The number of H-pyrrole nitrogens is 1. The Bertz CT molecular complexity index is 748. The van der Waals surface area contributed by atoms with E-state index >= 15 is 0 Å². The van der Waals surface area contributed by atoms with Gasteiger partial charge in [0.2, 0.25) is 0 Å². The Kier molecular flexibility index (Phi) is 3.83. The van der Waals surface area contributed by atoms with Crippen molar-refractivity contribution in [3.05, 3.63) is 21.8 Å². The highest BCUT2D eigenvalue weighted by molar-refractivity contribution is 7.79. The molecule has 1 aromatic carbocycles. The number of nitrogens with one attached hydrogen (secondary N) is 1. The number of thiazole rings is 1. The summed E-state index contributed by atoms with van der Waals surface area (Å²) in [5, 5.41) is 15.5. The highest BCUT2D eigenvalue weighted by atomic mass is 32.2. The summed E-state index contributed by atoms with van der Waals surface area (Å²) in [4.78, 5) is 23.7. The first-order chi connectivity index (χ1) is 8.99. The molecule has 19 heavy (non-hydrogen) atoms. The molecule has 0 aliphatic carbocycles. The molecule has 0 amide bonds. The lowest BCUT2D eigenvalue weighted by Crippen LogP contribution is -1.98. The molecule has 3 N–H and O–H groups in total. The number of carboxylic acid groups (broad SMARTS) is 1. The number of aromatic amines is 1. The maximum atomic E-state index is 11.3. The van der Waals surface area contributed by atoms with Gasteiger partial charge in [0.05, 0.1) is 15.1 Å². The van der Waals surface area contributed by atoms with E-state index in [1.54, 1.807) is 0 Å². The maximum Gasteiger partial charge on any atom is 0.327 e. The van der Waals surface area contributed by atoms with Crippen LogP contribution in [0.1, 0.15) is 0 Å². The van der Waals surface area contributed by atoms with Crippen molar-refractivity contribution < 1.29 is 18.7 Å². The van der Waals surface area contributed by atoms with Gasteiger partial charge in [0.1, 0.15) is 5.69 Å². The molecule has 1 aromatic heterocycles. The number of aliphatic carboxylic acids is 1. The number of aromatic nitrogens is 1. The number of hydrogen-bond acceptors (Lipinski definition) is 6. The van der Waals surface area contributed by atoms with Crippen molar-refractivity contribution in [3.63, 3.8) is 0 Å². The van der Waals surface area contributed by atoms with Crippen molar-refractivity contribution in [3.8, 4) is 0 Å². The minimum Gasteiger partial charge on any atom is -0.480 e. The third-order valence-electron chi connectivity index (χ3n) is 2.10. The molecule has 0 spiro atoms. The molecule has 8 nitrogen and oxygen atoms in total. The van der Waals surface area contributed by atoms with Crippen LogP contribution in [0.25, 0.3) is 10.2 Å². The van der Waals surface area contributed by atoms with Crippen molar-refractivity contribution in [2.45, 2.75) is 4.90 Å². The monoisotopic (exact) mass is 301 g/mol. The molecule has 2 aromatic rings. The van der Waals surface area contributed by atoms with Crippen molar-refractivity contribution >= 4 is 44.3 Å². The fourth-order valence-electron chi connectivity index (χ4n) is 1.39. The predicted molar refractivity (Wildman–Crippen MR) is 68.5 cm³/mol. The molecule has 100 valence electrons. The molecule has 1 heterocycles. The van der Waals surface area contributed by atoms with Gasteiger partial charge >= 0.3 is 10.8 Å². The van der Waals surface area contributed by atoms with Crippen LogP contribution in [0.2, 0.25) is 0 Å². The molecule has 0 saturated carbocycles. The van der Waals surface area contributed by atoms with E-state index in [4.69, 9.17) is 9.66 Å². The van der Waals surface area contributed by atoms with Gasteiger partial charge in [-0.15, -0.1) is 0 Å². The Balaban J connectivity index is 2.61. The van der Waals surface area contributed by atoms with Gasteiger partial charge in [-0.05, 0) is 12.1 Å². The molecular formula is C9H7N3O5S2. The van der Waals surface area contributed by atoms with Crippen LogP contribution in [0.15, 0.2) is 32.1 Å². The molecule has 1 atom stereocenters. The average molecular weight is 301 g/mol. The quantitative estimate of drug-likeness (QED) is 0.579. The molecular weight excluding hydrogens is 294 g/mol. The second-order valence-corrected chi connectivity index (χ2v) is 5.30. The fraction of sp³-hybridized carbons (Fsp3) is 0.111. The van der Waals surface area contributed by atoms with Crippen molar-refractivity contribution in [1.29, 1.82) is 0 Å². The van der Waals surface area contributed by atoms with Crippen LogP contribution >= 0.6 is 11.3 Å². The fourth-order valence-corrected chi connectivity index (χ4v) is 2.63. The van der Waals surface area contributed by atoms with Crippen LogP contribution in [0, 0.1) is 0 Å². The van der Waals surface area contributed by atoms with Gasteiger partial charge in [-0.2, -0.15) is 10.2 Å². The molecule has 0 saturated heterocycles. The number of benzene rings is 1. The summed E-state index contributed by atoms with van der Waals surface area (Å²) in [7, 11) is 0. The van der Waals surface area contributed by atoms with Crippen LogP contribution in [-0.4, -0.2) is 31.4 Å². The van der Waals surface area contributed by atoms with Gasteiger partial charge in [0.15, 0.2) is 17.6 Å². The lowest BCUT2D eigenvalue weighted by Gasteiger charge is -2.01. The van der Waals surface area contributed by atoms with Crippen LogP contribution < -0.4 is 4.87 Å². The number of azo groups is 1. The van der Waals surface area contributed by atoms with E-state index in [2.05, 4.69) is 15.2 Å². The standard InChI is InChI=1S/C9H7N3O5S2/c13-6(14)3-10-12-8-5(19(16)17)2-1-4-7(8)11-9(15)18-4/h1-2H,3H2,(H,11,15)(H,13,14)(H,16,17). The van der Waals surface area contributed by atoms with Crippen molar-refractivity contribution in [2.24, 2.45) is 10.2 Å². The third-order valence-corrected chi connectivity index (χ3v) is 3.65. The summed E-state index contributed by atoms with van der Waals surface area (Å²) in [6.07, 6.45) is 0. The van der Waals surface area contributed by atoms with E-state index < -0.39 is 23.6 Å². The van der Waals surface area contributed by atoms with Gasteiger partial charge in [-0.3, -0.25) is 9.59 Å². The van der Waals surface area contributed by atoms with Crippen LogP contribution in [0.3, 0.4) is 0 Å².